The average molecular weight is 283 g/mol. The minimum Gasteiger partial charge on any atom is -1.00 e. The highest BCUT2D eigenvalue weighted by atomic mass is 35.5. The Balaban J connectivity index is 0.00000162. The van der Waals surface area contributed by atoms with Gasteiger partial charge >= 0.3 is 5.91 Å². The molecule has 0 aliphatic rings. The van der Waals surface area contributed by atoms with Gasteiger partial charge < -0.3 is 12.4 Å². The smallest absolute Gasteiger partial charge is 0.305 e. The maximum absolute atomic E-state index is 11.9. The summed E-state index contributed by atoms with van der Waals surface area (Å²) in [6, 6.07) is 10.7. The van der Waals surface area contributed by atoms with Crippen molar-refractivity contribution in [1.82, 2.24) is 0 Å². The van der Waals surface area contributed by atoms with Gasteiger partial charge in [0.1, 0.15) is 0 Å². The van der Waals surface area contributed by atoms with Crippen molar-refractivity contribution in [2.75, 3.05) is 5.43 Å². The van der Waals surface area contributed by atoms with Crippen molar-refractivity contribution >= 4 is 17.5 Å². The van der Waals surface area contributed by atoms with Crippen LogP contribution in [0.15, 0.2) is 48.8 Å². The largest absolute Gasteiger partial charge is 1.00 e. The van der Waals surface area contributed by atoms with E-state index in [0.29, 0.717) is 10.6 Å². The number of hydrogen-bond donors (Lipinski definition) is 1. The molecule has 94 valence electrons. The predicted octanol–water partition coefficient (Wildman–Crippen LogP) is -0.676. The van der Waals surface area contributed by atoms with E-state index in [9.17, 15) is 4.79 Å². The van der Waals surface area contributed by atoms with Gasteiger partial charge in [-0.3, -0.25) is 4.79 Å². The van der Waals surface area contributed by atoms with Crippen LogP contribution < -0.4 is 22.5 Å². The van der Waals surface area contributed by atoms with Crippen LogP contribution in [0.2, 0.25) is 5.02 Å². The van der Waals surface area contributed by atoms with E-state index in [4.69, 9.17) is 11.6 Å². The van der Waals surface area contributed by atoms with Crippen LogP contribution in [0.4, 0.5) is 0 Å². The Morgan fingerprint density at radius 3 is 2.50 bits per heavy atom. The normalized spacial score (nSPS) is 9.44. The topological polar surface area (TPSA) is 33.0 Å². The number of nitrogens with one attached hydrogen (secondary N) is 1. The highest BCUT2D eigenvalue weighted by molar-refractivity contribution is 6.31. The van der Waals surface area contributed by atoms with Gasteiger partial charge in [0.15, 0.2) is 12.4 Å². The molecule has 0 unspecified atom stereocenters. The average Bonchev–Trinajstić information content (AvgIpc) is 2.32. The number of carbonyl (C=O) groups is 1. The molecule has 18 heavy (non-hydrogen) atoms. The molecule has 2 aromatic rings. The van der Waals surface area contributed by atoms with E-state index in [1.54, 1.807) is 41.3 Å². The van der Waals surface area contributed by atoms with Crippen molar-refractivity contribution in [1.29, 1.82) is 0 Å². The fourth-order valence-corrected chi connectivity index (χ4v) is 1.58. The Hall–Kier alpha value is -1.58. The number of carbonyl (C=O) groups excluding carboxylic acids is 1. The van der Waals surface area contributed by atoms with Crippen LogP contribution in [0.25, 0.3) is 0 Å². The zero-order valence-electron chi connectivity index (χ0n) is 9.73. The van der Waals surface area contributed by atoms with E-state index in [0.717, 1.165) is 5.56 Å². The van der Waals surface area contributed by atoms with Gasteiger partial charge in [-0.15, -0.1) is 5.43 Å². The number of aryl methyl sites for hydroxylation is 1. The number of halogens is 2. The Labute approximate surface area is 117 Å². The van der Waals surface area contributed by atoms with Crippen molar-refractivity contribution in [2.24, 2.45) is 0 Å². The second kappa shape index (κ2) is 6.38. The van der Waals surface area contributed by atoms with Gasteiger partial charge in [0.2, 0.25) is 0 Å². The lowest BCUT2D eigenvalue weighted by molar-refractivity contribution is -0.641. The lowest BCUT2D eigenvalue weighted by atomic mass is 10.2. The van der Waals surface area contributed by atoms with Crippen LogP contribution >= 0.6 is 11.6 Å². The molecular weight excluding hydrogens is 271 g/mol. The first kappa shape index (κ1) is 14.5. The molecule has 1 heterocycles. The van der Waals surface area contributed by atoms with Crippen LogP contribution in [0.5, 0.6) is 0 Å². The summed E-state index contributed by atoms with van der Waals surface area (Å²) < 4.78 is 1.61. The molecule has 0 aliphatic heterocycles. The van der Waals surface area contributed by atoms with Crippen LogP contribution in [0.3, 0.4) is 0 Å². The van der Waals surface area contributed by atoms with Crippen LogP contribution in [-0.2, 0) is 0 Å². The van der Waals surface area contributed by atoms with E-state index < -0.39 is 0 Å². The molecule has 0 spiro atoms. The minimum absolute atomic E-state index is 0. The van der Waals surface area contributed by atoms with Crippen molar-refractivity contribution in [3.63, 3.8) is 0 Å². The fraction of sp³-hybridized carbons (Fsp3) is 0.0769. The molecule has 0 aliphatic carbocycles. The summed E-state index contributed by atoms with van der Waals surface area (Å²) in [4.78, 5) is 11.9. The third-order valence-corrected chi connectivity index (χ3v) is 2.55. The van der Waals surface area contributed by atoms with Crippen molar-refractivity contribution in [3.8, 4) is 0 Å². The highest BCUT2D eigenvalue weighted by Gasteiger charge is 2.10. The quantitative estimate of drug-likeness (QED) is 0.728. The molecule has 0 fully saturated rings. The summed E-state index contributed by atoms with van der Waals surface area (Å²) in [5, 5.41) is 0.548. The number of nitrogens with zero attached hydrogens (tertiary/aromatic N) is 1. The SMILES string of the molecule is Cc1cc[n+](NC(=O)c2cccc(Cl)c2)cc1.[Cl-]. The van der Waals surface area contributed by atoms with Crippen LogP contribution in [0.1, 0.15) is 15.9 Å². The Kier molecular flexibility index (Phi) is 5.13. The van der Waals surface area contributed by atoms with Crippen LogP contribution in [-0.4, -0.2) is 5.91 Å². The third-order valence-electron chi connectivity index (χ3n) is 2.31. The van der Waals surface area contributed by atoms with E-state index >= 15 is 0 Å². The summed E-state index contributed by atoms with van der Waals surface area (Å²) >= 11 is 5.83. The summed E-state index contributed by atoms with van der Waals surface area (Å²) in [6.07, 6.45) is 3.58. The second-order valence-corrected chi connectivity index (χ2v) is 4.17. The maximum Gasteiger partial charge on any atom is 0.305 e. The molecule has 2 rings (SSSR count). The predicted molar refractivity (Wildman–Crippen MR) is 66.5 cm³/mol. The maximum atomic E-state index is 11.9. The van der Waals surface area contributed by atoms with Gasteiger partial charge in [0, 0.05) is 22.7 Å². The monoisotopic (exact) mass is 282 g/mol. The van der Waals surface area contributed by atoms with Crippen molar-refractivity contribution in [2.45, 2.75) is 6.92 Å². The van der Waals surface area contributed by atoms with E-state index in [2.05, 4.69) is 5.43 Å². The minimum atomic E-state index is -0.193. The van der Waals surface area contributed by atoms with Crippen LogP contribution in [0, 0.1) is 6.92 Å². The van der Waals surface area contributed by atoms with Gasteiger partial charge in [0.05, 0.1) is 0 Å². The number of aromatic nitrogens is 1. The molecule has 0 atom stereocenters. The number of hydrogen-bond acceptors (Lipinski definition) is 1. The van der Waals surface area contributed by atoms with Gasteiger partial charge in [-0.05, 0) is 30.7 Å². The first-order valence-electron chi connectivity index (χ1n) is 5.20. The van der Waals surface area contributed by atoms with Crippen molar-refractivity contribution in [3.05, 3.63) is 64.9 Å². The molecule has 1 N–H and O–H groups in total. The second-order valence-electron chi connectivity index (χ2n) is 3.73. The summed E-state index contributed by atoms with van der Waals surface area (Å²) in [5.41, 5.74) is 4.40. The first-order valence-corrected chi connectivity index (χ1v) is 5.58. The molecule has 0 radical (unpaired) electrons. The molecule has 0 bridgehead atoms. The molecule has 5 heteroatoms. The first-order chi connectivity index (χ1) is 8.15. The fourth-order valence-electron chi connectivity index (χ4n) is 1.39. The van der Waals surface area contributed by atoms with Gasteiger partial charge in [-0.2, -0.15) is 0 Å². The van der Waals surface area contributed by atoms with Gasteiger partial charge in [-0.25, -0.2) is 0 Å². The number of benzene rings is 1. The molecule has 3 nitrogen and oxygen atoms in total. The molecule has 1 aromatic heterocycles. The van der Waals surface area contributed by atoms with Gasteiger partial charge in [-0.1, -0.05) is 22.3 Å². The molecular formula is C13H12Cl2N2O. The summed E-state index contributed by atoms with van der Waals surface area (Å²) in [5.74, 6) is -0.193. The lowest BCUT2D eigenvalue weighted by Crippen LogP contribution is -3.00. The standard InChI is InChI=1S/C13H11ClN2O.ClH/c1-10-5-7-16(8-6-10)15-13(17)11-3-2-4-12(14)9-11;/h2-9H,1H3;1H. The summed E-state index contributed by atoms with van der Waals surface area (Å²) in [6.45, 7) is 1.99. The molecule has 0 saturated carbocycles. The summed E-state index contributed by atoms with van der Waals surface area (Å²) in [7, 11) is 0. The van der Waals surface area contributed by atoms with E-state index in [1.165, 1.54) is 0 Å². The van der Waals surface area contributed by atoms with Crippen molar-refractivity contribution < 1.29 is 21.9 Å². The Morgan fingerprint density at radius 1 is 1.22 bits per heavy atom. The zero-order chi connectivity index (χ0) is 12.3. The Bertz CT molecular complexity index is 541. The molecule has 1 amide bonds. The molecule has 1 aromatic carbocycles. The number of pyridine rings is 1. The zero-order valence-corrected chi connectivity index (χ0v) is 11.2. The highest BCUT2D eigenvalue weighted by Crippen LogP contribution is 2.10. The lowest BCUT2D eigenvalue weighted by Gasteiger charge is -2.00. The van der Waals surface area contributed by atoms with E-state index in [-0.39, 0.29) is 18.3 Å². The van der Waals surface area contributed by atoms with E-state index in [1.807, 2.05) is 19.1 Å². The third kappa shape index (κ3) is 3.72. The number of rotatable bonds is 2. The Morgan fingerprint density at radius 2 is 1.89 bits per heavy atom. The number of amides is 1. The molecule has 0 saturated heterocycles. The van der Waals surface area contributed by atoms with Gasteiger partial charge in [0.25, 0.3) is 0 Å².